The van der Waals surface area contributed by atoms with E-state index in [-0.39, 0.29) is 12.5 Å². The number of hydrogen-bond donors (Lipinski definition) is 1. The first-order chi connectivity index (χ1) is 13.6. The molecule has 0 saturated carbocycles. The van der Waals surface area contributed by atoms with Gasteiger partial charge in [-0.1, -0.05) is 56.5 Å². The zero-order valence-electron chi connectivity index (χ0n) is 16.8. The number of likely N-dealkylation sites (tertiary alicyclic amines) is 1. The van der Waals surface area contributed by atoms with Gasteiger partial charge in [-0.15, -0.1) is 0 Å². The largest absolute Gasteiger partial charge is 0.480 e. The molecule has 154 valence electrons. The van der Waals surface area contributed by atoms with Crippen molar-refractivity contribution in [3.8, 4) is 0 Å². The second-order valence-corrected chi connectivity index (χ2v) is 7.95. The van der Waals surface area contributed by atoms with E-state index in [1.165, 1.54) is 5.56 Å². The van der Waals surface area contributed by atoms with Crippen LogP contribution in [0.15, 0.2) is 30.3 Å². The number of benzene rings is 1. The van der Waals surface area contributed by atoms with Gasteiger partial charge in [-0.2, -0.15) is 0 Å². The minimum Gasteiger partial charge on any atom is -0.480 e. The van der Waals surface area contributed by atoms with Gasteiger partial charge in [0.1, 0.15) is 5.72 Å². The van der Waals surface area contributed by atoms with Crippen molar-refractivity contribution in [2.75, 3.05) is 19.7 Å². The number of nitrogens with zero attached hydrogens (tertiary/aromatic N) is 2. The lowest BCUT2D eigenvalue weighted by atomic mass is 9.96. The van der Waals surface area contributed by atoms with E-state index in [1.807, 2.05) is 18.2 Å². The van der Waals surface area contributed by atoms with Crippen LogP contribution in [0.4, 0.5) is 0 Å². The average molecular weight is 389 g/mol. The summed E-state index contributed by atoms with van der Waals surface area (Å²) in [6.07, 6.45) is 5.75. The molecule has 2 aliphatic rings. The van der Waals surface area contributed by atoms with Crippen molar-refractivity contribution < 1.29 is 19.4 Å². The summed E-state index contributed by atoms with van der Waals surface area (Å²) in [6, 6.07) is 9.46. The quantitative estimate of drug-likeness (QED) is 0.692. The molecular weight excluding hydrogens is 356 g/mol. The topological polar surface area (TPSA) is 70.1 Å². The lowest BCUT2D eigenvalue weighted by Crippen LogP contribution is -2.58. The predicted molar refractivity (Wildman–Crippen MR) is 107 cm³/mol. The molecule has 3 rings (SSSR count). The van der Waals surface area contributed by atoms with Gasteiger partial charge in [0.25, 0.3) is 0 Å². The average Bonchev–Trinajstić information content (AvgIpc) is 3.07. The van der Waals surface area contributed by atoms with Crippen molar-refractivity contribution in [2.24, 2.45) is 0 Å². The number of unbranched alkanes of at least 4 members (excludes halogenated alkanes) is 3. The molecule has 2 aliphatic heterocycles. The van der Waals surface area contributed by atoms with Crippen LogP contribution in [0.5, 0.6) is 0 Å². The highest BCUT2D eigenvalue weighted by Crippen LogP contribution is 2.38. The van der Waals surface area contributed by atoms with Gasteiger partial charge in [0.2, 0.25) is 5.91 Å². The fraction of sp³-hybridized carbons (Fsp3) is 0.636. The Balaban J connectivity index is 1.63. The number of carboxylic acids is 1. The third kappa shape index (κ3) is 4.73. The summed E-state index contributed by atoms with van der Waals surface area (Å²) in [5, 5.41) is 9.62. The minimum absolute atomic E-state index is 0.0717. The molecule has 2 fully saturated rings. The van der Waals surface area contributed by atoms with Gasteiger partial charge in [0.15, 0.2) is 6.04 Å². The van der Waals surface area contributed by atoms with Crippen molar-refractivity contribution in [3.05, 3.63) is 35.9 Å². The lowest BCUT2D eigenvalue weighted by molar-refractivity contribution is -0.166. The minimum atomic E-state index is -0.967. The molecule has 6 nitrogen and oxygen atoms in total. The van der Waals surface area contributed by atoms with E-state index in [4.69, 9.17) is 4.74 Å². The lowest BCUT2D eigenvalue weighted by Gasteiger charge is -2.44. The highest BCUT2D eigenvalue weighted by molar-refractivity contribution is 5.85. The summed E-state index contributed by atoms with van der Waals surface area (Å²) < 4.78 is 6.01. The van der Waals surface area contributed by atoms with Crippen LogP contribution in [0.25, 0.3) is 0 Å². The summed E-state index contributed by atoms with van der Waals surface area (Å²) in [6.45, 7) is 4.68. The van der Waals surface area contributed by atoms with E-state index in [1.54, 1.807) is 4.90 Å². The highest BCUT2D eigenvalue weighted by Gasteiger charge is 2.53. The number of aliphatic carboxylic acids is 1. The summed E-state index contributed by atoms with van der Waals surface area (Å²) in [7, 11) is 0. The molecule has 1 spiro atoms. The number of piperidine rings is 1. The van der Waals surface area contributed by atoms with Gasteiger partial charge in [-0.25, -0.2) is 4.79 Å². The first-order valence-electron chi connectivity index (χ1n) is 10.5. The predicted octanol–water partition coefficient (Wildman–Crippen LogP) is 3.26. The second kappa shape index (κ2) is 9.52. The van der Waals surface area contributed by atoms with Crippen LogP contribution in [0.1, 0.15) is 57.4 Å². The van der Waals surface area contributed by atoms with Gasteiger partial charge in [-0.05, 0) is 12.0 Å². The summed E-state index contributed by atoms with van der Waals surface area (Å²) in [5.41, 5.74) is 0.510. The Morgan fingerprint density at radius 1 is 1.14 bits per heavy atom. The van der Waals surface area contributed by atoms with E-state index < -0.39 is 17.7 Å². The van der Waals surface area contributed by atoms with Crippen LogP contribution in [0, 0.1) is 0 Å². The smallest absolute Gasteiger partial charge is 0.328 e. The zero-order chi connectivity index (χ0) is 20.0. The van der Waals surface area contributed by atoms with Gasteiger partial charge in [0.05, 0.1) is 6.61 Å². The molecule has 1 amide bonds. The zero-order valence-corrected chi connectivity index (χ0v) is 16.8. The molecule has 2 saturated heterocycles. The van der Waals surface area contributed by atoms with Crippen molar-refractivity contribution >= 4 is 11.9 Å². The molecule has 0 radical (unpaired) electrons. The van der Waals surface area contributed by atoms with Gasteiger partial charge in [-0.3, -0.25) is 14.6 Å². The van der Waals surface area contributed by atoms with Gasteiger partial charge in [0, 0.05) is 38.9 Å². The molecule has 0 aromatic heterocycles. The Kier molecular flexibility index (Phi) is 7.08. The number of rotatable bonds is 8. The molecule has 1 aromatic carbocycles. The molecule has 1 atom stereocenters. The van der Waals surface area contributed by atoms with Gasteiger partial charge >= 0.3 is 5.97 Å². The number of ether oxygens (including phenoxy) is 1. The number of carboxylic acid groups (broad SMARTS) is 1. The molecule has 1 aromatic rings. The van der Waals surface area contributed by atoms with Crippen molar-refractivity contribution in [3.63, 3.8) is 0 Å². The molecule has 6 heteroatoms. The fourth-order valence-electron chi connectivity index (χ4n) is 4.36. The Bertz CT molecular complexity index is 656. The van der Waals surface area contributed by atoms with Crippen LogP contribution in [-0.2, 0) is 20.9 Å². The third-order valence-electron chi connectivity index (χ3n) is 5.94. The maximum atomic E-state index is 12.9. The number of amides is 1. The Hall–Kier alpha value is -1.92. The first-order valence-corrected chi connectivity index (χ1v) is 10.5. The molecule has 0 bridgehead atoms. The maximum Gasteiger partial charge on any atom is 0.328 e. The van der Waals surface area contributed by atoms with Gasteiger partial charge < -0.3 is 9.84 Å². The monoisotopic (exact) mass is 388 g/mol. The maximum absolute atomic E-state index is 12.9. The van der Waals surface area contributed by atoms with E-state index in [0.717, 1.165) is 45.3 Å². The third-order valence-corrected chi connectivity index (χ3v) is 5.94. The van der Waals surface area contributed by atoms with Crippen molar-refractivity contribution in [1.82, 2.24) is 9.80 Å². The number of carbonyl (C=O) groups is 2. The molecule has 1 unspecified atom stereocenters. The van der Waals surface area contributed by atoms with E-state index >= 15 is 0 Å². The molecular formula is C22H32N2O4. The SMILES string of the molecule is CCCCCCC(=O)N1C(C(=O)O)COC12CCN(Cc1ccccc1)CC2. The van der Waals surface area contributed by atoms with E-state index in [9.17, 15) is 14.7 Å². The van der Waals surface area contributed by atoms with Crippen molar-refractivity contribution in [2.45, 2.75) is 70.2 Å². The molecule has 28 heavy (non-hydrogen) atoms. The molecule has 1 N–H and O–H groups in total. The first kappa shape index (κ1) is 20.8. The number of carbonyl (C=O) groups excluding carboxylic acids is 1. The normalized spacial score (nSPS) is 21.9. The summed E-state index contributed by atoms with van der Waals surface area (Å²) in [5.74, 6) is -1.04. The fourth-order valence-corrected chi connectivity index (χ4v) is 4.36. The van der Waals surface area contributed by atoms with Crippen LogP contribution in [-0.4, -0.2) is 58.2 Å². The number of hydrogen-bond acceptors (Lipinski definition) is 4. The van der Waals surface area contributed by atoms with E-state index in [0.29, 0.717) is 19.3 Å². The Morgan fingerprint density at radius 3 is 2.50 bits per heavy atom. The van der Waals surface area contributed by atoms with Crippen molar-refractivity contribution in [1.29, 1.82) is 0 Å². The highest BCUT2D eigenvalue weighted by atomic mass is 16.5. The van der Waals surface area contributed by atoms with Crippen LogP contribution < -0.4 is 0 Å². The molecule has 2 heterocycles. The Morgan fingerprint density at radius 2 is 1.86 bits per heavy atom. The van der Waals surface area contributed by atoms with Crippen LogP contribution >= 0.6 is 0 Å². The van der Waals surface area contributed by atoms with E-state index in [2.05, 4.69) is 24.0 Å². The Labute approximate surface area is 167 Å². The summed E-state index contributed by atoms with van der Waals surface area (Å²) >= 11 is 0. The standard InChI is InChI=1S/C22H32N2O4/c1-2-3-4-8-11-20(25)24-19(21(26)27)17-28-22(24)12-14-23(15-13-22)16-18-9-6-5-7-10-18/h5-7,9-10,19H,2-4,8,11-17H2,1H3,(H,26,27). The summed E-state index contributed by atoms with van der Waals surface area (Å²) in [4.78, 5) is 28.6. The van der Waals surface area contributed by atoms with Crippen LogP contribution in [0.3, 0.4) is 0 Å². The molecule has 0 aliphatic carbocycles. The van der Waals surface area contributed by atoms with Crippen LogP contribution in [0.2, 0.25) is 0 Å². The second-order valence-electron chi connectivity index (χ2n) is 7.95.